The van der Waals surface area contributed by atoms with Crippen molar-refractivity contribution in [1.82, 2.24) is 30.6 Å². The van der Waals surface area contributed by atoms with Gasteiger partial charge in [-0.05, 0) is 115 Å². The molecule has 0 fully saturated rings. The quantitative estimate of drug-likeness (QED) is 0.0366. The molecule has 4 atom stereocenters. The van der Waals surface area contributed by atoms with Gasteiger partial charge in [0.1, 0.15) is 37.6 Å². The molecule has 8 rings (SSSR count). The Labute approximate surface area is 430 Å². The molecule has 4 heterocycles. The molecule has 6 aromatic rings. The van der Waals surface area contributed by atoms with Crippen LogP contribution in [-0.2, 0) is 48.7 Å². The van der Waals surface area contributed by atoms with Gasteiger partial charge in [0.25, 0.3) is 0 Å². The molecule has 2 aromatic carbocycles. The Bertz CT molecular complexity index is 2850. The maximum Gasteiger partial charge on any atom is 0.306 e. The Morgan fingerprint density at radius 2 is 1.08 bits per heavy atom. The third-order valence-corrected chi connectivity index (χ3v) is 13.1. The molecule has 2 aliphatic rings. The van der Waals surface area contributed by atoms with Crippen molar-refractivity contribution in [3.05, 3.63) is 150 Å². The van der Waals surface area contributed by atoms with Crippen LogP contribution in [0.15, 0.2) is 94.4 Å². The highest BCUT2D eigenvalue weighted by Gasteiger charge is 2.32. The van der Waals surface area contributed by atoms with E-state index in [4.69, 9.17) is 39.1 Å². The third kappa shape index (κ3) is 12.9. The summed E-state index contributed by atoms with van der Waals surface area (Å²) in [6.07, 6.45) is 5.34. The Hall–Kier alpha value is -7.04. The lowest BCUT2D eigenvalue weighted by Gasteiger charge is -2.20. The number of aliphatic hydroxyl groups excluding tert-OH is 2. The van der Waals surface area contributed by atoms with Crippen LogP contribution in [0.25, 0.3) is 11.1 Å². The minimum atomic E-state index is -1.11. The van der Waals surface area contributed by atoms with Gasteiger partial charge in [-0.15, -0.1) is 0 Å². The molecule has 20 heteroatoms. The number of pyridine rings is 4. The molecule has 18 nitrogen and oxygen atoms in total. The molecule has 0 radical (unpaired) electrons. The molecule has 0 unspecified atom stereocenters. The minimum Gasteiger partial charge on any atom is -0.481 e. The summed E-state index contributed by atoms with van der Waals surface area (Å²) in [5.74, 6) is -1.08. The van der Waals surface area contributed by atoms with E-state index in [-0.39, 0.29) is 63.4 Å². The van der Waals surface area contributed by atoms with Gasteiger partial charge >= 0.3 is 11.9 Å². The minimum absolute atomic E-state index is 0.0294. The number of nitrogens with zero attached hydrogens (tertiary/aromatic N) is 6. The average molecular weight is 1100 g/mol. The third-order valence-electron chi connectivity index (χ3n) is 12.0. The Morgan fingerprint density at radius 1 is 0.653 bits per heavy atom. The van der Waals surface area contributed by atoms with Crippen LogP contribution in [0.3, 0.4) is 0 Å². The second kappa shape index (κ2) is 23.9. The van der Waals surface area contributed by atoms with Crippen molar-refractivity contribution in [2.75, 3.05) is 13.1 Å². The standard InChI is InChI=1S/C52H48Br2N8O10/c53-43-13-33(23-59-25-35(63)15-47(65)66)49(69-27-31-11-29(17-55)19-57-21-31)61-51(43)71-45-9-7-39-37(3-1-5-41(39)45)38-4-2-6-42-40(38)8-10-46(42)72-52-44(54)14-34(24-60-26-36(64)16-48(67)68)50(62-52)70-28-32-12-30(18-56)20-58-22-32/h1-6,11-14,19-22,35-36,45-46,59-60,63-64H,7-10,15-16,23-28H2,(H,65,66)(H,67,68)/t35-,36-,45-,46-/m0/s1. The van der Waals surface area contributed by atoms with Crippen LogP contribution in [0.5, 0.6) is 23.5 Å². The van der Waals surface area contributed by atoms with Crippen LogP contribution in [-0.4, -0.2) is 77.6 Å². The van der Waals surface area contributed by atoms with Crippen LogP contribution in [0.1, 0.15) is 93.5 Å². The first-order valence-electron chi connectivity index (χ1n) is 23.0. The molecule has 0 saturated carbocycles. The zero-order valence-electron chi connectivity index (χ0n) is 38.6. The second-order valence-corrected chi connectivity index (χ2v) is 19.0. The van der Waals surface area contributed by atoms with Crippen molar-refractivity contribution in [3.8, 4) is 46.8 Å². The fourth-order valence-corrected chi connectivity index (χ4v) is 9.68. The van der Waals surface area contributed by atoms with E-state index in [1.165, 1.54) is 23.5 Å². The van der Waals surface area contributed by atoms with Gasteiger partial charge in [-0.1, -0.05) is 36.4 Å². The van der Waals surface area contributed by atoms with E-state index in [2.05, 4.69) is 88.9 Å². The summed E-state index contributed by atoms with van der Waals surface area (Å²) in [6.45, 7) is 0.585. The molecule has 0 spiro atoms. The highest BCUT2D eigenvalue weighted by Crippen LogP contribution is 2.46. The molecule has 72 heavy (non-hydrogen) atoms. The number of carboxylic acids is 2. The number of benzene rings is 2. The first kappa shape index (κ1) is 51.3. The summed E-state index contributed by atoms with van der Waals surface area (Å²) in [6, 6.07) is 23.6. The Kier molecular flexibility index (Phi) is 17.0. The monoisotopic (exact) mass is 1100 g/mol. The van der Waals surface area contributed by atoms with E-state index >= 15 is 0 Å². The smallest absolute Gasteiger partial charge is 0.306 e. The molecule has 0 aliphatic heterocycles. The van der Waals surface area contributed by atoms with E-state index in [1.54, 1.807) is 24.5 Å². The van der Waals surface area contributed by atoms with E-state index < -0.39 is 37.0 Å². The number of rotatable bonds is 23. The number of nitriles is 2. The molecule has 2 aliphatic carbocycles. The summed E-state index contributed by atoms with van der Waals surface area (Å²) < 4.78 is 26.9. The lowest BCUT2D eigenvalue weighted by atomic mass is 9.91. The van der Waals surface area contributed by atoms with Crippen LogP contribution < -0.4 is 29.6 Å². The Balaban J connectivity index is 1.01. The van der Waals surface area contributed by atoms with E-state index in [9.17, 15) is 30.3 Å². The molecule has 0 amide bonds. The van der Waals surface area contributed by atoms with Gasteiger partial charge in [0.15, 0.2) is 0 Å². The van der Waals surface area contributed by atoms with Gasteiger partial charge in [0.2, 0.25) is 23.5 Å². The molecular weight excluding hydrogens is 1060 g/mol. The zero-order chi connectivity index (χ0) is 50.7. The topological polar surface area (TPSA) is 275 Å². The summed E-state index contributed by atoms with van der Waals surface area (Å²) in [4.78, 5) is 40.1. The van der Waals surface area contributed by atoms with Crippen LogP contribution in [0.4, 0.5) is 0 Å². The predicted octanol–water partition coefficient (Wildman–Crippen LogP) is 7.34. The summed E-state index contributed by atoms with van der Waals surface area (Å²) in [5, 5.41) is 63.4. The fraction of sp³-hybridized carbons (Fsp3) is 0.308. The number of nitrogens with one attached hydrogen (secondary N) is 2. The van der Waals surface area contributed by atoms with E-state index in [0.717, 1.165) is 35.1 Å². The normalized spacial score (nSPS) is 15.4. The van der Waals surface area contributed by atoms with Gasteiger partial charge in [0.05, 0.1) is 45.1 Å². The Morgan fingerprint density at radius 3 is 1.49 bits per heavy atom. The van der Waals surface area contributed by atoms with Crippen molar-refractivity contribution in [2.24, 2.45) is 0 Å². The number of ether oxygens (including phenoxy) is 4. The van der Waals surface area contributed by atoms with E-state index in [0.29, 0.717) is 66.9 Å². The lowest BCUT2D eigenvalue weighted by molar-refractivity contribution is -0.140. The van der Waals surface area contributed by atoms with E-state index in [1.807, 2.05) is 24.3 Å². The molecule has 0 bridgehead atoms. The molecule has 6 N–H and O–H groups in total. The largest absolute Gasteiger partial charge is 0.481 e. The number of aliphatic hydroxyl groups is 2. The fourth-order valence-electron chi connectivity index (χ4n) is 8.76. The second-order valence-electron chi connectivity index (χ2n) is 17.2. The van der Waals surface area contributed by atoms with Crippen molar-refractivity contribution in [2.45, 2.75) is 89.2 Å². The maximum absolute atomic E-state index is 11.1. The van der Waals surface area contributed by atoms with Crippen molar-refractivity contribution >= 4 is 43.8 Å². The molecular formula is C52H48Br2N8O10. The number of aromatic nitrogens is 4. The van der Waals surface area contributed by atoms with Crippen molar-refractivity contribution in [3.63, 3.8) is 0 Å². The van der Waals surface area contributed by atoms with Gasteiger partial charge in [-0.25, -0.2) is 0 Å². The average Bonchev–Trinajstić information content (AvgIpc) is 3.98. The SMILES string of the molecule is N#Cc1cncc(COc2nc(O[C@H]3CCc4c(-c5cccc6c5CC[C@@H]6Oc5nc(OCc6cncc(C#N)c6)c(CNC[C@@H](O)CC(=O)O)cc5Br)cccc43)c(Br)cc2CNC[C@@H](O)CC(=O)O)c1. The zero-order valence-corrected chi connectivity index (χ0v) is 41.7. The highest BCUT2D eigenvalue weighted by atomic mass is 79.9. The van der Waals surface area contributed by atoms with Crippen LogP contribution in [0, 0.1) is 22.7 Å². The number of carbonyl (C=O) groups is 2. The van der Waals surface area contributed by atoms with Crippen molar-refractivity contribution < 1.29 is 49.0 Å². The number of halogens is 2. The summed E-state index contributed by atoms with van der Waals surface area (Å²) in [7, 11) is 0. The first-order valence-corrected chi connectivity index (χ1v) is 24.5. The van der Waals surface area contributed by atoms with Gasteiger partial charge in [0, 0.05) is 73.2 Å². The number of hydrogen-bond donors (Lipinski definition) is 6. The summed E-state index contributed by atoms with van der Waals surface area (Å²) >= 11 is 7.31. The van der Waals surface area contributed by atoms with Crippen LogP contribution in [0.2, 0.25) is 0 Å². The lowest BCUT2D eigenvalue weighted by Crippen LogP contribution is -2.28. The highest BCUT2D eigenvalue weighted by molar-refractivity contribution is 9.10. The number of hydrogen-bond acceptors (Lipinski definition) is 16. The number of aliphatic carboxylic acids is 2. The first-order chi connectivity index (χ1) is 34.8. The number of fused-ring (bicyclic) bond motifs is 2. The molecule has 370 valence electrons. The predicted molar refractivity (Wildman–Crippen MR) is 266 cm³/mol. The van der Waals surface area contributed by atoms with Gasteiger partial charge in [-0.2, -0.15) is 20.5 Å². The van der Waals surface area contributed by atoms with Crippen LogP contribution >= 0.6 is 31.9 Å². The van der Waals surface area contributed by atoms with Crippen molar-refractivity contribution in [1.29, 1.82) is 10.5 Å². The maximum atomic E-state index is 11.1. The van der Waals surface area contributed by atoms with Gasteiger partial charge < -0.3 is 50.0 Å². The molecule has 0 saturated heterocycles. The summed E-state index contributed by atoms with van der Waals surface area (Å²) in [5.41, 5.74) is 9.94. The number of carboxylic acid groups (broad SMARTS) is 2. The van der Waals surface area contributed by atoms with Gasteiger partial charge in [-0.3, -0.25) is 19.6 Å². The molecule has 4 aromatic heterocycles.